The second-order valence-electron chi connectivity index (χ2n) is 2.80. The van der Waals surface area contributed by atoms with E-state index < -0.39 is 0 Å². The second-order valence-corrected chi connectivity index (χ2v) is 2.80. The van der Waals surface area contributed by atoms with E-state index in [0.29, 0.717) is 6.61 Å². The van der Waals surface area contributed by atoms with E-state index in [1.54, 1.807) is 0 Å². The molecule has 1 fully saturated rings. The lowest BCUT2D eigenvalue weighted by Crippen LogP contribution is -2.18. The lowest BCUT2D eigenvalue weighted by Gasteiger charge is -2.10. The first-order chi connectivity index (χ1) is 5.36. The Hall–Kier alpha value is -0.120. The highest BCUT2D eigenvalue weighted by molar-refractivity contribution is 4.72. The maximum absolute atomic E-state index is 8.74. The molecule has 0 spiro atoms. The van der Waals surface area contributed by atoms with Gasteiger partial charge in [-0.15, -0.1) is 0 Å². The Kier molecular flexibility index (Phi) is 3.83. The second kappa shape index (κ2) is 4.70. The number of ether oxygens (including phenoxy) is 2. The van der Waals surface area contributed by atoms with Crippen LogP contribution in [0.3, 0.4) is 0 Å². The molecule has 1 rings (SSSR count). The summed E-state index contributed by atoms with van der Waals surface area (Å²) in [5.41, 5.74) is 0. The maximum Gasteiger partial charge on any atom is 0.0814 e. The first-order valence-electron chi connectivity index (χ1n) is 4.21. The van der Waals surface area contributed by atoms with Gasteiger partial charge >= 0.3 is 0 Å². The minimum absolute atomic E-state index is 0.0560. The van der Waals surface area contributed by atoms with E-state index in [0.717, 1.165) is 19.4 Å². The van der Waals surface area contributed by atoms with Crippen molar-refractivity contribution in [2.75, 3.05) is 19.8 Å². The van der Waals surface area contributed by atoms with Crippen molar-refractivity contribution in [3.63, 3.8) is 0 Å². The summed E-state index contributed by atoms with van der Waals surface area (Å²) in [4.78, 5) is 0. The molecule has 2 atom stereocenters. The highest BCUT2D eigenvalue weighted by atomic mass is 16.5. The summed E-state index contributed by atoms with van der Waals surface area (Å²) >= 11 is 0. The molecule has 11 heavy (non-hydrogen) atoms. The first-order valence-corrected chi connectivity index (χ1v) is 4.21. The van der Waals surface area contributed by atoms with Gasteiger partial charge in [-0.25, -0.2) is 0 Å². The number of aliphatic hydroxyl groups is 1. The molecule has 2 unspecified atom stereocenters. The minimum Gasteiger partial charge on any atom is -0.394 e. The summed E-state index contributed by atoms with van der Waals surface area (Å²) in [7, 11) is 0. The lowest BCUT2D eigenvalue weighted by molar-refractivity contribution is -0.0292. The number of aliphatic hydroxyl groups excluding tert-OH is 1. The molecule has 0 aromatic heterocycles. The Morgan fingerprint density at radius 2 is 2.18 bits per heavy atom. The van der Waals surface area contributed by atoms with Crippen LogP contribution in [0.25, 0.3) is 0 Å². The van der Waals surface area contributed by atoms with Crippen LogP contribution in [0.4, 0.5) is 0 Å². The van der Waals surface area contributed by atoms with Gasteiger partial charge in [0.25, 0.3) is 0 Å². The van der Waals surface area contributed by atoms with E-state index in [9.17, 15) is 0 Å². The van der Waals surface area contributed by atoms with Crippen LogP contribution in [0.2, 0.25) is 0 Å². The minimum atomic E-state index is 0.0560. The Morgan fingerprint density at radius 1 is 1.45 bits per heavy atom. The zero-order chi connectivity index (χ0) is 8.10. The molecule has 3 heteroatoms. The van der Waals surface area contributed by atoms with Crippen LogP contribution in [0.1, 0.15) is 19.8 Å². The number of hydrogen-bond donors (Lipinski definition) is 1. The van der Waals surface area contributed by atoms with Crippen molar-refractivity contribution < 1.29 is 14.6 Å². The van der Waals surface area contributed by atoms with Crippen molar-refractivity contribution in [2.24, 2.45) is 0 Å². The fourth-order valence-corrected chi connectivity index (χ4v) is 1.29. The van der Waals surface area contributed by atoms with Gasteiger partial charge in [-0.2, -0.15) is 0 Å². The molecular weight excluding hydrogens is 144 g/mol. The van der Waals surface area contributed by atoms with Crippen LogP contribution in [0, 0.1) is 0 Å². The molecule has 3 nitrogen and oxygen atoms in total. The standard InChI is InChI=1S/C8H16O3/c1-2-10-6-8-4-3-7(5-9)11-8/h7-9H,2-6H2,1H3. The Bertz CT molecular complexity index is 106. The van der Waals surface area contributed by atoms with Gasteiger partial charge < -0.3 is 14.6 Å². The van der Waals surface area contributed by atoms with Gasteiger partial charge in [0.15, 0.2) is 0 Å². The monoisotopic (exact) mass is 160 g/mol. The molecule has 0 amide bonds. The van der Waals surface area contributed by atoms with Crippen LogP contribution in [0.5, 0.6) is 0 Å². The molecule has 1 N–H and O–H groups in total. The largest absolute Gasteiger partial charge is 0.394 e. The fraction of sp³-hybridized carbons (Fsp3) is 1.00. The van der Waals surface area contributed by atoms with Gasteiger partial charge in [0, 0.05) is 6.61 Å². The van der Waals surface area contributed by atoms with Crippen LogP contribution in [0.15, 0.2) is 0 Å². The van der Waals surface area contributed by atoms with Crippen LogP contribution in [-0.4, -0.2) is 37.1 Å². The quantitative estimate of drug-likeness (QED) is 0.653. The third kappa shape index (κ3) is 2.77. The van der Waals surface area contributed by atoms with Gasteiger partial charge in [-0.1, -0.05) is 0 Å². The average molecular weight is 160 g/mol. The Labute approximate surface area is 67.3 Å². The summed E-state index contributed by atoms with van der Waals surface area (Å²) in [6, 6.07) is 0. The molecule has 0 aromatic rings. The van der Waals surface area contributed by atoms with Crippen LogP contribution >= 0.6 is 0 Å². The number of hydrogen-bond acceptors (Lipinski definition) is 3. The van der Waals surface area contributed by atoms with Crippen molar-refractivity contribution in [2.45, 2.75) is 32.0 Å². The molecule has 1 aliphatic rings. The summed E-state index contributed by atoms with van der Waals surface area (Å²) < 4.78 is 10.6. The van der Waals surface area contributed by atoms with Crippen LogP contribution in [-0.2, 0) is 9.47 Å². The molecule has 1 heterocycles. The highest BCUT2D eigenvalue weighted by Crippen LogP contribution is 2.19. The van der Waals surface area contributed by atoms with E-state index in [-0.39, 0.29) is 18.8 Å². The third-order valence-corrected chi connectivity index (χ3v) is 1.91. The molecule has 0 aromatic carbocycles. The van der Waals surface area contributed by atoms with E-state index >= 15 is 0 Å². The number of rotatable bonds is 4. The predicted octanol–water partition coefficient (Wildman–Crippen LogP) is 0.563. The zero-order valence-electron chi connectivity index (χ0n) is 6.95. The lowest BCUT2D eigenvalue weighted by atomic mass is 10.2. The normalized spacial score (nSPS) is 31.1. The average Bonchev–Trinajstić information content (AvgIpc) is 2.48. The predicted molar refractivity (Wildman–Crippen MR) is 41.5 cm³/mol. The van der Waals surface area contributed by atoms with Gasteiger partial charge in [-0.3, -0.25) is 0 Å². The van der Waals surface area contributed by atoms with Gasteiger partial charge in [0.1, 0.15) is 0 Å². The SMILES string of the molecule is CCOCC1CCC(CO)O1. The van der Waals surface area contributed by atoms with Crippen molar-refractivity contribution in [1.82, 2.24) is 0 Å². The molecular formula is C8H16O3. The highest BCUT2D eigenvalue weighted by Gasteiger charge is 2.24. The Balaban J connectivity index is 2.09. The van der Waals surface area contributed by atoms with Crippen molar-refractivity contribution >= 4 is 0 Å². The van der Waals surface area contributed by atoms with Crippen molar-refractivity contribution in [3.8, 4) is 0 Å². The zero-order valence-corrected chi connectivity index (χ0v) is 6.95. The smallest absolute Gasteiger partial charge is 0.0814 e. The van der Waals surface area contributed by atoms with E-state index in [1.807, 2.05) is 6.92 Å². The van der Waals surface area contributed by atoms with Gasteiger partial charge in [-0.05, 0) is 19.8 Å². The van der Waals surface area contributed by atoms with Crippen molar-refractivity contribution in [3.05, 3.63) is 0 Å². The van der Waals surface area contributed by atoms with E-state index in [1.165, 1.54) is 0 Å². The molecule has 0 radical (unpaired) electrons. The third-order valence-electron chi connectivity index (χ3n) is 1.91. The summed E-state index contributed by atoms with van der Waals surface area (Å²) in [6.07, 6.45) is 2.26. The van der Waals surface area contributed by atoms with Crippen molar-refractivity contribution in [1.29, 1.82) is 0 Å². The first kappa shape index (κ1) is 8.97. The van der Waals surface area contributed by atoms with E-state index in [2.05, 4.69) is 0 Å². The molecule has 66 valence electrons. The fourth-order valence-electron chi connectivity index (χ4n) is 1.29. The summed E-state index contributed by atoms with van der Waals surface area (Å²) in [6.45, 7) is 3.53. The molecule has 1 aliphatic heterocycles. The molecule has 0 bridgehead atoms. The topological polar surface area (TPSA) is 38.7 Å². The van der Waals surface area contributed by atoms with Gasteiger partial charge in [0.2, 0.25) is 0 Å². The summed E-state index contributed by atoms with van der Waals surface area (Å²) in [5, 5.41) is 8.74. The summed E-state index contributed by atoms with van der Waals surface area (Å²) in [5.74, 6) is 0. The Morgan fingerprint density at radius 3 is 2.73 bits per heavy atom. The maximum atomic E-state index is 8.74. The van der Waals surface area contributed by atoms with E-state index in [4.69, 9.17) is 14.6 Å². The molecule has 0 saturated carbocycles. The molecule has 0 aliphatic carbocycles. The molecule has 1 saturated heterocycles. The van der Waals surface area contributed by atoms with Crippen LogP contribution < -0.4 is 0 Å². The van der Waals surface area contributed by atoms with Gasteiger partial charge in [0.05, 0.1) is 25.4 Å².